The molecule has 1 amide bonds. The number of aliphatic hydroxyl groups excluding tert-OH is 3. The average molecular weight is 522 g/mol. The highest BCUT2D eigenvalue weighted by Gasteiger charge is 2.64. The van der Waals surface area contributed by atoms with E-state index in [4.69, 9.17) is 27.9 Å². The van der Waals surface area contributed by atoms with Crippen LogP contribution in [0.2, 0.25) is 0 Å². The van der Waals surface area contributed by atoms with E-state index in [0.29, 0.717) is 10.8 Å². The lowest BCUT2D eigenvalue weighted by Crippen LogP contribution is -2.69. The minimum Gasteiger partial charge on any atom is -0.477 e. The molecule has 3 rings (SSSR count). The van der Waals surface area contributed by atoms with Crippen LogP contribution in [0.1, 0.15) is 11.7 Å². The number of aliphatic carboxylic acids is 1. The molecule has 0 bridgehead atoms. The fourth-order valence-electron chi connectivity index (χ4n) is 3.95. The molecule has 14 heteroatoms. The van der Waals surface area contributed by atoms with Crippen molar-refractivity contribution in [2.24, 2.45) is 0 Å². The summed E-state index contributed by atoms with van der Waals surface area (Å²) in [7, 11) is 0. The van der Waals surface area contributed by atoms with E-state index in [-0.39, 0.29) is 5.69 Å². The largest absolute Gasteiger partial charge is 0.477 e. The van der Waals surface area contributed by atoms with Gasteiger partial charge in [0.1, 0.15) is 30.1 Å². The van der Waals surface area contributed by atoms with E-state index in [9.17, 15) is 35.3 Å². The van der Waals surface area contributed by atoms with Crippen LogP contribution in [0.5, 0.6) is 0 Å². The average Bonchev–Trinajstić information content (AvgIpc) is 3.18. The molecule has 2 aromatic rings. The third-order valence-corrected chi connectivity index (χ3v) is 5.98. The summed E-state index contributed by atoms with van der Waals surface area (Å²) in [6, 6.07) is 4.28. The summed E-state index contributed by atoms with van der Waals surface area (Å²) in [5.41, 5.74) is -0.207. The van der Waals surface area contributed by atoms with Gasteiger partial charge in [-0.3, -0.25) is 4.79 Å². The molecule has 0 saturated carbocycles. The Morgan fingerprint density at radius 2 is 1.97 bits per heavy atom. The second kappa shape index (κ2) is 9.99. The zero-order valence-corrected chi connectivity index (χ0v) is 18.6. The molecule has 1 aliphatic rings. The number of nitrogens with one attached hydrogen (secondary N) is 1. The lowest BCUT2D eigenvalue weighted by molar-refractivity contribution is -0.282. The van der Waals surface area contributed by atoms with Gasteiger partial charge < -0.3 is 35.0 Å². The van der Waals surface area contributed by atoms with Gasteiger partial charge in [-0.2, -0.15) is 9.65 Å². The molecule has 2 unspecified atom stereocenters. The number of ether oxygens (including phenoxy) is 1. The Morgan fingerprint density at radius 1 is 1.32 bits per heavy atom. The molecule has 184 valence electrons. The Balaban J connectivity index is 2.27. The van der Waals surface area contributed by atoms with E-state index in [1.807, 2.05) is 6.07 Å². The monoisotopic (exact) mass is 521 g/mol. The highest BCUT2D eigenvalue weighted by atomic mass is 35.5. The summed E-state index contributed by atoms with van der Waals surface area (Å²) in [6.45, 7) is -1.07. The standard InChI is InChI=1S/C20H19Cl2F2N3O7/c21-17(22)18(31)26-12-13(27-6-8-3-1-2-4-9(8)10(27)5-25)16(23)20(24,19(32)33)34-15(12)14(30)11(29)7-28/h1-4,6,11-17,28-30H,7H2,(H,26,31)(H,32,33)/t11-,12-,13-,14-,15-,16?,20?/m1/s1. The van der Waals surface area contributed by atoms with Crippen LogP contribution in [0.25, 0.3) is 10.8 Å². The zero-order valence-electron chi connectivity index (χ0n) is 17.1. The third-order valence-electron chi connectivity index (χ3n) is 5.58. The zero-order chi connectivity index (χ0) is 25.4. The second-order valence-electron chi connectivity index (χ2n) is 7.58. The van der Waals surface area contributed by atoms with Gasteiger partial charge >= 0.3 is 11.8 Å². The van der Waals surface area contributed by atoms with Crippen LogP contribution in [0, 0.1) is 11.3 Å². The molecular weight excluding hydrogens is 503 g/mol. The summed E-state index contributed by atoms with van der Waals surface area (Å²) < 4.78 is 36.8. The van der Waals surface area contributed by atoms with Crippen molar-refractivity contribution in [1.29, 1.82) is 5.26 Å². The number of alkyl halides is 4. The van der Waals surface area contributed by atoms with Crippen LogP contribution in [-0.4, -0.2) is 84.7 Å². The Bertz CT molecular complexity index is 1130. The molecule has 1 aliphatic heterocycles. The molecule has 7 atom stereocenters. The topological polar surface area (TPSA) is 165 Å². The highest BCUT2D eigenvalue weighted by molar-refractivity contribution is 6.53. The maximum Gasteiger partial charge on any atom is 0.372 e. The minimum atomic E-state index is -4.07. The molecule has 2 heterocycles. The maximum absolute atomic E-state index is 15.7. The van der Waals surface area contributed by atoms with Crippen LogP contribution in [-0.2, 0) is 14.3 Å². The number of fused-ring (bicyclic) bond motifs is 1. The van der Waals surface area contributed by atoms with Crippen molar-refractivity contribution in [2.75, 3.05) is 6.61 Å². The van der Waals surface area contributed by atoms with Gasteiger partial charge in [0, 0.05) is 17.0 Å². The van der Waals surface area contributed by atoms with Crippen LogP contribution in [0.4, 0.5) is 8.78 Å². The quantitative estimate of drug-likeness (QED) is 0.329. The number of rotatable bonds is 7. The minimum absolute atomic E-state index is 0.207. The molecule has 1 aromatic heterocycles. The summed E-state index contributed by atoms with van der Waals surface area (Å²) in [6.07, 6.45) is -8.14. The van der Waals surface area contributed by atoms with E-state index in [1.54, 1.807) is 18.2 Å². The Kier molecular flexibility index (Phi) is 7.66. The number of aliphatic hydroxyl groups is 3. The van der Waals surface area contributed by atoms with Crippen molar-refractivity contribution in [1.82, 2.24) is 9.88 Å². The lowest BCUT2D eigenvalue weighted by atomic mass is 9.85. The molecule has 5 N–H and O–H groups in total. The van der Waals surface area contributed by atoms with E-state index < -0.39 is 65.7 Å². The first-order valence-corrected chi connectivity index (χ1v) is 10.6. The van der Waals surface area contributed by atoms with Crippen LogP contribution >= 0.6 is 23.2 Å². The number of carbonyl (C=O) groups excluding carboxylic acids is 1. The number of nitrogens with zero attached hydrogens (tertiary/aromatic N) is 2. The molecular formula is C20H19Cl2F2N3O7. The number of halogens is 4. The van der Waals surface area contributed by atoms with E-state index in [2.05, 4.69) is 5.32 Å². The molecule has 0 radical (unpaired) electrons. The first-order valence-electron chi connectivity index (χ1n) is 9.77. The maximum atomic E-state index is 15.7. The molecule has 0 aliphatic carbocycles. The molecule has 10 nitrogen and oxygen atoms in total. The predicted octanol–water partition coefficient (Wildman–Crippen LogP) is 0.544. The van der Waals surface area contributed by atoms with Gasteiger partial charge in [0.25, 0.3) is 5.91 Å². The molecule has 0 spiro atoms. The summed E-state index contributed by atoms with van der Waals surface area (Å²) >= 11 is 11.1. The first kappa shape index (κ1) is 26.1. The van der Waals surface area contributed by atoms with Crippen molar-refractivity contribution in [3.63, 3.8) is 0 Å². The summed E-state index contributed by atoms with van der Waals surface area (Å²) in [5, 5.41) is 51.7. The smallest absolute Gasteiger partial charge is 0.372 e. The fraction of sp³-hybridized carbons (Fsp3) is 0.450. The predicted molar refractivity (Wildman–Crippen MR) is 113 cm³/mol. The molecule has 34 heavy (non-hydrogen) atoms. The number of carbonyl (C=O) groups is 2. The summed E-state index contributed by atoms with van der Waals surface area (Å²) in [5.74, 6) is -7.60. The van der Waals surface area contributed by atoms with Crippen LogP contribution in [0.15, 0.2) is 30.5 Å². The second-order valence-corrected chi connectivity index (χ2v) is 8.68. The van der Waals surface area contributed by atoms with Gasteiger partial charge in [0.15, 0.2) is 11.0 Å². The number of benzene rings is 1. The van der Waals surface area contributed by atoms with Crippen LogP contribution in [0.3, 0.4) is 0 Å². The van der Waals surface area contributed by atoms with Crippen LogP contribution < -0.4 is 5.32 Å². The Morgan fingerprint density at radius 3 is 2.53 bits per heavy atom. The van der Waals surface area contributed by atoms with Crippen molar-refractivity contribution >= 4 is 45.9 Å². The molecule has 1 saturated heterocycles. The number of carboxylic acids is 1. The number of aromatic nitrogens is 1. The summed E-state index contributed by atoms with van der Waals surface area (Å²) in [4.78, 5) is 22.3. The van der Waals surface area contributed by atoms with Gasteiger partial charge in [0.2, 0.25) is 0 Å². The molecule has 1 fully saturated rings. The Hall–Kier alpha value is -2.53. The van der Waals surface area contributed by atoms with Gasteiger partial charge in [-0.15, -0.1) is 0 Å². The molecule has 1 aromatic carbocycles. The van der Waals surface area contributed by atoms with Gasteiger partial charge in [-0.25, -0.2) is 9.18 Å². The van der Waals surface area contributed by atoms with Gasteiger partial charge in [-0.05, 0) is 0 Å². The van der Waals surface area contributed by atoms with Crippen molar-refractivity contribution in [3.05, 3.63) is 36.2 Å². The van der Waals surface area contributed by atoms with Crippen molar-refractivity contribution in [3.8, 4) is 6.07 Å². The Labute approximate surface area is 200 Å². The van der Waals surface area contributed by atoms with Crippen molar-refractivity contribution < 1.29 is 43.5 Å². The number of hydrogen-bond donors (Lipinski definition) is 5. The number of hydrogen-bond acceptors (Lipinski definition) is 7. The van der Waals surface area contributed by atoms with Crippen molar-refractivity contribution in [2.45, 2.75) is 47.3 Å². The number of amides is 1. The third kappa shape index (κ3) is 4.43. The van der Waals surface area contributed by atoms with E-state index in [0.717, 1.165) is 4.57 Å². The SMILES string of the molecule is N#Cc1c2ccccc2cn1[C@H]1C(F)C(F)(C(=O)O)O[C@@H]([C@H](O)[C@H](O)CO)[C@@H]1NC(=O)C(Cl)Cl. The van der Waals surface area contributed by atoms with Gasteiger partial charge in [0.05, 0.1) is 18.7 Å². The lowest BCUT2D eigenvalue weighted by Gasteiger charge is -2.47. The number of carboxylic acid groups (broad SMARTS) is 1. The normalized spacial score (nSPS) is 28.9. The number of nitriles is 1. The van der Waals surface area contributed by atoms with E-state index >= 15 is 8.78 Å². The first-order chi connectivity index (χ1) is 16.0. The fourth-order valence-corrected chi connectivity index (χ4v) is 4.08. The van der Waals surface area contributed by atoms with Gasteiger partial charge in [-0.1, -0.05) is 47.5 Å². The van der Waals surface area contributed by atoms with E-state index in [1.165, 1.54) is 12.3 Å². The highest BCUT2D eigenvalue weighted by Crippen LogP contribution is 2.43.